The predicted octanol–water partition coefficient (Wildman–Crippen LogP) is 6.28. The molecule has 1 N–H and O–H groups in total. The molecule has 0 atom stereocenters. The minimum Gasteiger partial charge on any atom is -0.421 e. The molecule has 158 valence electrons. The number of hydrogen-bond donors (Lipinski definition) is 1. The first-order valence-corrected chi connectivity index (χ1v) is 11.1. The molecule has 0 saturated carbocycles. The Hall–Kier alpha value is -2.56. The van der Waals surface area contributed by atoms with E-state index >= 15 is 0 Å². The number of benzene rings is 3. The number of nitrogens with one attached hydrogen (secondary N) is 1. The molecule has 0 aliphatic heterocycles. The first-order valence-electron chi connectivity index (χ1n) is 8.73. The first kappa shape index (κ1) is 23.1. The molecule has 0 unspecified atom stereocenters. The quantitative estimate of drug-likeness (QED) is 0.153. The molecule has 0 aliphatic rings. The number of rotatable bonds is 6. The normalized spacial score (nSPS) is 10.4. The van der Waals surface area contributed by atoms with Gasteiger partial charge < -0.3 is 10.1 Å². The van der Waals surface area contributed by atoms with E-state index in [-0.39, 0.29) is 23.5 Å². The van der Waals surface area contributed by atoms with Crippen molar-refractivity contribution in [3.8, 4) is 5.75 Å². The van der Waals surface area contributed by atoms with Gasteiger partial charge in [0.25, 0.3) is 5.69 Å². The number of esters is 1. The summed E-state index contributed by atoms with van der Waals surface area (Å²) < 4.78 is 7.52. The molecule has 10 heteroatoms. The number of nitrogens with zero attached hydrogens (tertiary/aromatic N) is 1. The Kier molecular flexibility index (Phi) is 7.58. The third kappa shape index (κ3) is 5.99. The van der Waals surface area contributed by atoms with E-state index in [2.05, 4.69) is 53.1 Å². The summed E-state index contributed by atoms with van der Waals surface area (Å²) in [7, 11) is 0. The van der Waals surface area contributed by atoms with Crippen molar-refractivity contribution in [2.45, 2.75) is 6.42 Å². The van der Waals surface area contributed by atoms with Crippen molar-refractivity contribution in [2.75, 3.05) is 5.32 Å². The second-order valence-corrected chi connectivity index (χ2v) is 8.96. The summed E-state index contributed by atoms with van der Waals surface area (Å²) in [6.07, 6.45) is -0.174. The monoisotopic (exact) mass is 610 g/mol. The van der Waals surface area contributed by atoms with Crippen LogP contribution in [0.5, 0.6) is 5.75 Å². The van der Waals surface area contributed by atoms with Gasteiger partial charge in [-0.3, -0.25) is 14.9 Å². The van der Waals surface area contributed by atoms with Crippen LogP contribution in [-0.4, -0.2) is 16.8 Å². The van der Waals surface area contributed by atoms with Gasteiger partial charge in [0.1, 0.15) is 11.4 Å². The fourth-order valence-electron chi connectivity index (χ4n) is 2.70. The molecule has 3 aromatic carbocycles. The fraction of sp³-hybridized carbons (Fsp3) is 0.0476. The van der Waals surface area contributed by atoms with Gasteiger partial charge in [-0.05, 0) is 58.4 Å². The van der Waals surface area contributed by atoms with E-state index in [0.29, 0.717) is 20.1 Å². The number of ether oxygens (including phenoxy) is 1. The molecular weight excluding hydrogens is 600 g/mol. The Labute approximate surface area is 202 Å². The second kappa shape index (κ2) is 10.2. The number of nitro benzene ring substituents is 1. The molecule has 7 nitrogen and oxygen atoms in total. The maximum absolute atomic E-state index is 12.6. The highest BCUT2D eigenvalue weighted by molar-refractivity contribution is 9.11. The average molecular weight is 613 g/mol. The van der Waals surface area contributed by atoms with Crippen molar-refractivity contribution in [2.24, 2.45) is 0 Å². The van der Waals surface area contributed by atoms with Gasteiger partial charge in [-0.15, -0.1) is 0 Å². The zero-order valence-electron chi connectivity index (χ0n) is 15.6. The highest BCUT2D eigenvalue weighted by atomic mass is 79.9. The number of nitro groups is 1. The van der Waals surface area contributed by atoms with Gasteiger partial charge in [-0.25, -0.2) is 4.79 Å². The maximum Gasteiger partial charge on any atom is 0.343 e. The van der Waals surface area contributed by atoms with Crippen LogP contribution in [0.3, 0.4) is 0 Å². The molecule has 0 spiro atoms. The van der Waals surface area contributed by atoms with E-state index in [1.165, 1.54) is 18.2 Å². The topological polar surface area (TPSA) is 98.5 Å². The zero-order chi connectivity index (χ0) is 22.5. The van der Waals surface area contributed by atoms with Gasteiger partial charge in [0.05, 0.1) is 21.4 Å². The van der Waals surface area contributed by atoms with Crippen molar-refractivity contribution in [1.82, 2.24) is 0 Å². The van der Waals surface area contributed by atoms with Gasteiger partial charge in [0.15, 0.2) is 0 Å². The molecule has 0 aliphatic carbocycles. The molecule has 1 amide bonds. The van der Waals surface area contributed by atoms with Gasteiger partial charge >= 0.3 is 5.97 Å². The largest absolute Gasteiger partial charge is 0.421 e. The lowest BCUT2D eigenvalue weighted by Gasteiger charge is -2.13. The summed E-state index contributed by atoms with van der Waals surface area (Å²) in [6.45, 7) is 0. The van der Waals surface area contributed by atoms with E-state index < -0.39 is 16.8 Å². The van der Waals surface area contributed by atoms with Crippen molar-refractivity contribution in [3.05, 3.63) is 95.3 Å². The summed E-state index contributed by atoms with van der Waals surface area (Å²) in [4.78, 5) is 35.8. The number of carbonyl (C=O) groups excluding carboxylic acids is 2. The highest BCUT2D eigenvalue weighted by Gasteiger charge is 2.20. The molecule has 3 aromatic rings. The molecule has 3 rings (SSSR count). The Morgan fingerprint density at radius 2 is 1.65 bits per heavy atom. The minimum atomic E-state index is -0.587. The molecule has 31 heavy (non-hydrogen) atoms. The van der Waals surface area contributed by atoms with Crippen molar-refractivity contribution < 1.29 is 19.2 Å². The molecular formula is C21H13Br3N2O5. The van der Waals surface area contributed by atoms with Crippen molar-refractivity contribution >= 4 is 71.0 Å². The molecule has 0 radical (unpaired) electrons. The van der Waals surface area contributed by atoms with Crippen LogP contribution >= 0.6 is 47.8 Å². The Balaban J connectivity index is 1.84. The molecule has 0 saturated heterocycles. The standard InChI is InChI=1S/C21H13Br3N2O5/c22-14-7-5-12(6-8-14)21(28)31-20-13(9-15(23)11-16(20)24)10-19(27)25-17-3-1-2-4-18(17)26(29)30/h1-9,11H,10H2,(H,25,27). The summed E-state index contributed by atoms with van der Waals surface area (Å²) in [5.41, 5.74) is 0.629. The number of amides is 1. The van der Waals surface area contributed by atoms with Gasteiger partial charge in [-0.2, -0.15) is 0 Å². The zero-order valence-corrected chi connectivity index (χ0v) is 20.4. The molecule has 0 aromatic heterocycles. The van der Waals surface area contributed by atoms with E-state index in [1.54, 1.807) is 42.5 Å². The van der Waals surface area contributed by atoms with Gasteiger partial charge in [0.2, 0.25) is 5.91 Å². The summed E-state index contributed by atoms with van der Waals surface area (Å²) >= 11 is 10.0. The summed E-state index contributed by atoms with van der Waals surface area (Å²) in [5, 5.41) is 13.7. The number of halogens is 3. The number of carbonyl (C=O) groups is 2. The van der Waals surface area contributed by atoms with Crippen molar-refractivity contribution in [3.63, 3.8) is 0 Å². The molecule has 0 fully saturated rings. The highest BCUT2D eigenvalue weighted by Crippen LogP contribution is 2.34. The Morgan fingerprint density at radius 1 is 0.968 bits per heavy atom. The number of para-hydroxylation sites is 2. The van der Waals surface area contributed by atoms with Crippen LogP contribution in [-0.2, 0) is 11.2 Å². The number of hydrogen-bond acceptors (Lipinski definition) is 5. The fourth-order valence-corrected chi connectivity index (χ4v) is 4.36. The predicted molar refractivity (Wildman–Crippen MR) is 126 cm³/mol. The smallest absolute Gasteiger partial charge is 0.343 e. The lowest BCUT2D eigenvalue weighted by Crippen LogP contribution is -2.17. The van der Waals surface area contributed by atoms with E-state index in [0.717, 1.165) is 4.47 Å². The Bertz CT molecular complexity index is 1170. The second-order valence-electron chi connectivity index (χ2n) is 6.27. The van der Waals surface area contributed by atoms with Crippen molar-refractivity contribution in [1.29, 1.82) is 0 Å². The van der Waals surface area contributed by atoms with Gasteiger partial charge in [-0.1, -0.05) is 44.0 Å². The number of anilines is 1. The van der Waals surface area contributed by atoms with Crippen LogP contribution < -0.4 is 10.1 Å². The van der Waals surface area contributed by atoms with Crippen LogP contribution in [0.25, 0.3) is 0 Å². The Morgan fingerprint density at radius 3 is 2.32 bits per heavy atom. The first-order chi connectivity index (χ1) is 14.7. The molecule has 0 heterocycles. The lowest BCUT2D eigenvalue weighted by molar-refractivity contribution is -0.383. The summed E-state index contributed by atoms with van der Waals surface area (Å²) in [6, 6.07) is 15.8. The van der Waals surface area contributed by atoms with Crippen LogP contribution in [0, 0.1) is 10.1 Å². The van der Waals surface area contributed by atoms with Crippen LogP contribution in [0.15, 0.2) is 74.1 Å². The van der Waals surface area contributed by atoms with Crippen LogP contribution in [0.2, 0.25) is 0 Å². The molecule has 0 bridgehead atoms. The van der Waals surface area contributed by atoms with E-state index in [4.69, 9.17) is 4.74 Å². The third-order valence-electron chi connectivity index (χ3n) is 4.09. The average Bonchev–Trinajstić information content (AvgIpc) is 2.71. The van der Waals surface area contributed by atoms with Gasteiger partial charge in [0, 0.05) is 20.6 Å². The third-order valence-corrected chi connectivity index (χ3v) is 5.66. The van der Waals surface area contributed by atoms with Crippen LogP contribution in [0.4, 0.5) is 11.4 Å². The maximum atomic E-state index is 12.6. The minimum absolute atomic E-state index is 0.0833. The lowest BCUT2D eigenvalue weighted by atomic mass is 10.1. The van der Waals surface area contributed by atoms with E-state index in [1.807, 2.05) is 0 Å². The van der Waals surface area contributed by atoms with Crippen LogP contribution in [0.1, 0.15) is 15.9 Å². The summed E-state index contributed by atoms with van der Waals surface area (Å²) in [5.74, 6) is -0.898. The SMILES string of the molecule is O=C(Cc1cc(Br)cc(Br)c1OC(=O)c1ccc(Br)cc1)Nc1ccccc1[N+](=O)[O-]. The van der Waals surface area contributed by atoms with E-state index in [9.17, 15) is 19.7 Å².